The summed E-state index contributed by atoms with van der Waals surface area (Å²) in [6.45, 7) is 16.1. The Morgan fingerprint density at radius 1 is 1.00 bits per heavy atom. The Balaban J connectivity index is 1.33. The molecule has 2 aromatic rings. The van der Waals surface area contributed by atoms with Crippen LogP contribution in [0.5, 0.6) is 5.75 Å². The molecule has 0 aromatic heterocycles. The third-order valence-electron chi connectivity index (χ3n) is 17.4. The highest BCUT2D eigenvalue weighted by Gasteiger charge is 2.64. The number of primary amides is 1. The lowest BCUT2D eigenvalue weighted by atomic mass is 9.78. The maximum Gasteiger partial charge on any atom is 0.328 e. The van der Waals surface area contributed by atoms with Gasteiger partial charge in [-0.25, -0.2) is 9.59 Å². The molecule has 2 saturated heterocycles. The number of fused-ring (bicyclic) bond motifs is 5. The van der Waals surface area contributed by atoms with Crippen molar-refractivity contribution in [3.63, 3.8) is 0 Å². The minimum absolute atomic E-state index is 0.0103. The zero-order valence-electron chi connectivity index (χ0n) is 54.2. The first-order valence-electron chi connectivity index (χ1n) is 30.6. The standard InChI is InChI=1S/C66H92Br2ClN5O16/c1-37(2)47(31-45(75)19-14-15-24-64(7,8)90-62(82)44(35-67)36-68)59(79)72-48(20-17-25-71-63(70)83)50(76)29-42-22-23-46(51(30-42)85-12)60(80)73(10)41(6)61(81)88-54-32-55(77)74(11)49-28-43(27-39(4)57(49)69)26-38(3)18-16-21-53(86-13)66(84)33-52(87-56(78)34-66)40(5)58-65(54,9)89-58/h16,18,21-23,27-28,30,37,40-41,44,47-48,52-54,58,84H,14-15,17,19-20,24-26,29,31-36H2,1-13H3,(H,72,79)(H3,70,71,83)/b21-16+,38-18+/t40-,41+,47+,48+,52+,53-,54+,58+,65+,66-/m1/s1. The number of likely N-dealkylation sites (N-methyl/N-ethyl adjacent to an activating group) is 1. The molecule has 498 valence electrons. The molecule has 2 fully saturated rings. The van der Waals surface area contributed by atoms with Crippen LogP contribution < -0.4 is 26.0 Å². The monoisotopic (exact) mass is 1400 g/mol. The number of nitrogens with one attached hydrogen (secondary N) is 2. The molecule has 0 unspecified atom stereocenters. The summed E-state index contributed by atoms with van der Waals surface area (Å²) in [6, 6.07) is 5.20. The molecule has 0 aliphatic carbocycles. The minimum atomic E-state index is -1.65. The van der Waals surface area contributed by atoms with E-state index in [1.54, 1.807) is 39.1 Å². The van der Waals surface area contributed by atoms with Gasteiger partial charge in [0.1, 0.15) is 52.7 Å². The van der Waals surface area contributed by atoms with Crippen LogP contribution >= 0.6 is 43.5 Å². The number of alkyl halides is 2. The third-order valence-corrected chi connectivity index (χ3v) is 19.5. The van der Waals surface area contributed by atoms with Crippen LogP contribution in [0.1, 0.15) is 147 Å². The van der Waals surface area contributed by atoms with Gasteiger partial charge < -0.3 is 59.7 Å². The number of rotatable bonds is 27. The number of aryl methyl sites for hydroxylation is 1. The molecule has 0 spiro atoms. The van der Waals surface area contributed by atoms with E-state index >= 15 is 0 Å². The summed E-state index contributed by atoms with van der Waals surface area (Å²) in [5.74, 6) is -5.86. The van der Waals surface area contributed by atoms with Crippen molar-refractivity contribution in [3.8, 4) is 5.75 Å². The average Bonchev–Trinajstić information content (AvgIpc) is 1.58. The minimum Gasteiger partial charge on any atom is -0.496 e. The number of ketones is 2. The highest BCUT2D eigenvalue weighted by Crippen LogP contribution is 2.50. The fourth-order valence-corrected chi connectivity index (χ4v) is 13.4. The zero-order chi connectivity index (χ0) is 67.2. The van der Waals surface area contributed by atoms with E-state index in [1.807, 2.05) is 59.8 Å². The second-order valence-corrected chi connectivity index (χ2v) is 27.1. The quantitative estimate of drug-likeness (QED) is 0.0213. The number of carbonyl (C=O) groups is 9. The van der Waals surface area contributed by atoms with E-state index in [2.05, 4.69) is 42.5 Å². The Kier molecular flexibility index (Phi) is 27.7. The number of anilines is 1. The molecule has 24 heteroatoms. The van der Waals surface area contributed by atoms with Crippen molar-refractivity contribution in [2.24, 2.45) is 29.4 Å². The van der Waals surface area contributed by atoms with Gasteiger partial charge in [0.05, 0.1) is 54.3 Å². The fraction of sp³-hybridized carbons (Fsp3) is 0.621. The number of nitrogens with two attached hydrogens (primary N) is 1. The number of allylic oxidation sites excluding steroid dienone is 3. The van der Waals surface area contributed by atoms with E-state index in [-0.39, 0.29) is 86.4 Å². The van der Waals surface area contributed by atoms with E-state index in [4.69, 9.17) is 45.8 Å². The molecule has 2 aromatic carbocycles. The van der Waals surface area contributed by atoms with Crippen LogP contribution in [-0.4, -0.2) is 162 Å². The smallest absolute Gasteiger partial charge is 0.328 e. The molecular formula is C66H92Br2ClN5O16. The van der Waals surface area contributed by atoms with Gasteiger partial charge in [-0.15, -0.1) is 0 Å². The van der Waals surface area contributed by atoms with Gasteiger partial charge in [0.2, 0.25) is 11.8 Å². The van der Waals surface area contributed by atoms with E-state index in [0.29, 0.717) is 52.6 Å². The second kappa shape index (κ2) is 33.2. The number of amides is 5. The van der Waals surface area contributed by atoms with Crippen molar-refractivity contribution >= 4 is 102 Å². The van der Waals surface area contributed by atoms with Crippen molar-refractivity contribution in [3.05, 3.63) is 81.4 Å². The lowest BCUT2D eigenvalue weighted by molar-refractivity contribution is -0.187. The van der Waals surface area contributed by atoms with Crippen LogP contribution in [-0.2, 0) is 70.1 Å². The first-order chi connectivity index (χ1) is 42.2. The predicted octanol–water partition coefficient (Wildman–Crippen LogP) is 8.95. The van der Waals surface area contributed by atoms with Crippen molar-refractivity contribution in [2.75, 3.05) is 50.4 Å². The van der Waals surface area contributed by atoms with Crippen molar-refractivity contribution in [1.29, 1.82) is 0 Å². The largest absolute Gasteiger partial charge is 0.496 e. The molecule has 5 N–H and O–H groups in total. The number of Topliss-reactive ketones (excluding diaryl/α,β-unsaturated/α-hetero) is 2. The maximum absolute atomic E-state index is 14.5. The maximum atomic E-state index is 14.5. The summed E-state index contributed by atoms with van der Waals surface area (Å²) in [5, 5.41) is 18.7. The molecule has 4 bridgehead atoms. The first-order valence-corrected chi connectivity index (χ1v) is 33.2. The highest BCUT2D eigenvalue weighted by molar-refractivity contribution is 9.09. The van der Waals surface area contributed by atoms with Crippen LogP contribution in [0.15, 0.2) is 54.1 Å². The average molecular weight is 1410 g/mol. The van der Waals surface area contributed by atoms with Crippen LogP contribution in [0.25, 0.3) is 0 Å². The summed E-state index contributed by atoms with van der Waals surface area (Å²) in [6.07, 6.45) is 3.31. The molecule has 5 rings (SSSR count). The fourth-order valence-electron chi connectivity index (χ4n) is 11.5. The summed E-state index contributed by atoms with van der Waals surface area (Å²) in [4.78, 5) is 125. The van der Waals surface area contributed by atoms with Crippen LogP contribution in [0.4, 0.5) is 10.5 Å². The summed E-state index contributed by atoms with van der Waals surface area (Å²) >= 11 is 13.6. The molecule has 3 aliphatic heterocycles. The number of ether oxygens (including phenoxy) is 6. The predicted molar refractivity (Wildman–Crippen MR) is 348 cm³/mol. The first kappa shape index (κ1) is 75.0. The van der Waals surface area contributed by atoms with Gasteiger partial charge in [0, 0.05) is 75.9 Å². The molecule has 3 aliphatic rings. The number of halogens is 3. The van der Waals surface area contributed by atoms with Crippen molar-refractivity contribution in [2.45, 2.75) is 193 Å². The van der Waals surface area contributed by atoms with Gasteiger partial charge in [0.25, 0.3) is 5.91 Å². The number of epoxide rings is 1. The number of urea groups is 1. The molecule has 0 saturated carbocycles. The van der Waals surface area contributed by atoms with Crippen LogP contribution in [0, 0.1) is 30.6 Å². The van der Waals surface area contributed by atoms with Gasteiger partial charge in [-0.1, -0.05) is 100 Å². The number of nitrogens with zero attached hydrogens (tertiary/aromatic N) is 2. The number of aliphatic hydroxyl groups is 1. The Morgan fingerprint density at radius 3 is 2.32 bits per heavy atom. The van der Waals surface area contributed by atoms with Gasteiger partial charge in [-0.3, -0.25) is 33.6 Å². The Labute approximate surface area is 551 Å². The number of methoxy groups -OCH3 is 2. The summed E-state index contributed by atoms with van der Waals surface area (Å²) < 4.78 is 35.7. The van der Waals surface area contributed by atoms with Crippen LogP contribution in [0.2, 0.25) is 5.02 Å². The summed E-state index contributed by atoms with van der Waals surface area (Å²) in [5.41, 5.74) is 4.99. The van der Waals surface area contributed by atoms with Gasteiger partial charge >= 0.3 is 23.9 Å². The van der Waals surface area contributed by atoms with E-state index in [1.165, 1.54) is 45.2 Å². The number of hydrogen-bond donors (Lipinski definition) is 4. The molecule has 90 heavy (non-hydrogen) atoms. The topological polar surface area (TPSA) is 289 Å². The van der Waals surface area contributed by atoms with Gasteiger partial charge in [-0.2, -0.15) is 0 Å². The number of hydrogen-bond acceptors (Lipinski definition) is 16. The van der Waals surface area contributed by atoms with Gasteiger partial charge in [0.15, 0.2) is 5.78 Å². The highest BCUT2D eigenvalue weighted by atomic mass is 79.9. The van der Waals surface area contributed by atoms with Gasteiger partial charge in [-0.05, 0) is 121 Å². The molecule has 0 radical (unpaired) electrons. The molecule has 10 atom stereocenters. The SMILES string of the molecule is COc1cc(CC(=O)[C@H](CCCNC(N)=O)NC(=O)[C@@H](CC(=O)CCCCC(C)(C)OC(=O)C(CBr)CBr)C(C)C)ccc1C(=O)N(C)[C@@H](C)C(=O)O[C@H]1CC(=O)N(C)c2cc(cc(C)c2Cl)C/C(C)=C/C=C/[C@@H](OC)[C@]2(O)CC(=O)O[C@@H](C2)[C@@H](C)[C@@H]2O[C@@]12C. The van der Waals surface area contributed by atoms with E-state index in [0.717, 1.165) is 21.6 Å². The third kappa shape index (κ3) is 20.1. The van der Waals surface area contributed by atoms with Crippen LogP contribution in [0.3, 0.4) is 0 Å². The second-order valence-electron chi connectivity index (χ2n) is 25.4. The van der Waals surface area contributed by atoms with E-state index in [9.17, 15) is 48.3 Å². The lowest BCUT2D eigenvalue weighted by Crippen LogP contribution is -2.53. The Bertz CT molecular complexity index is 3010. The van der Waals surface area contributed by atoms with Crippen molar-refractivity contribution in [1.82, 2.24) is 15.5 Å². The number of esters is 3. The zero-order valence-corrected chi connectivity index (χ0v) is 58.1. The summed E-state index contributed by atoms with van der Waals surface area (Å²) in [7, 11) is 5.77. The molecule has 3 heterocycles. The van der Waals surface area contributed by atoms with E-state index < -0.39 is 113 Å². The Hall–Kier alpha value is -5.72. The normalized spacial score (nSPS) is 24.1. The Morgan fingerprint density at radius 2 is 1.69 bits per heavy atom. The molecule has 21 nitrogen and oxygen atoms in total. The number of unbranched alkanes of at least 4 members (excludes halogenated alkanes) is 1. The number of benzene rings is 2. The van der Waals surface area contributed by atoms with Crippen molar-refractivity contribution < 1.29 is 76.7 Å². The lowest BCUT2D eigenvalue weighted by Gasteiger charge is -2.41. The molecular weight excluding hydrogens is 1310 g/mol. The number of carbonyl (C=O) groups excluding carboxylic acids is 9. The molecule has 5 amide bonds.